The molecule has 0 saturated carbocycles. The van der Waals surface area contributed by atoms with E-state index in [1.165, 1.54) is 0 Å². The Labute approximate surface area is 106 Å². The van der Waals surface area contributed by atoms with E-state index in [-0.39, 0.29) is 12.5 Å². The lowest BCUT2D eigenvalue weighted by Crippen LogP contribution is -2.35. The summed E-state index contributed by atoms with van der Waals surface area (Å²) in [6, 6.07) is 0. The molecule has 0 radical (unpaired) electrons. The Morgan fingerprint density at radius 3 is 1.78 bits per heavy atom. The van der Waals surface area contributed by atoms with Crippen LogP contribution < -0.4 is 0 Å². The molecule has 18 heavy (non-hydrogen) atoms. The van der Waals surface area contributed by atoms with Gasteiger partial charge in [-0.25, -0.2) is 0 Å². The first-order valence-electron chi connectivity index (χ1n) is 5.33. The van der Waals surface area contributed by atoms with Gasteiger partial charge in [0.15, 0.2) is 0 Å². The molecule has 0 rings (SSSR count). The summed E-state index contributed by atoms with van der Waals surface area (Å²) >= 11 is 0. The van der Waals surface area contributed by atoms with Gasteiger partial charge in [-0.3, -0.25) is 9.13 Å². The zero-order valence-corrected chi connectivity index (χ0v) is 12.4. The summed E-state index contributed by atoms with van der Waals surface area (Å²) in [4.78, 5) is 37.3. The molecule has 0 unspecified atom stereocenters. The molecule has 0 aliphatic rings. The number of nitrogens with zero attached hydrogens (tertiary/aromatic N) is 1. The molecule has 0 aromatic rings. The maximum Gasteiger partial charge on any atom is 0.369 e. The topological polar surface area (TPSA) is 139 Å². The molecular formula is C8H21NO7P2. The average Bonchev–Trinajstić information content (AvgIpc) is 2.09. The van der Waals surface area contributed by atoms with Gasteiger partial charge >= 0.3 is 15.2 Å². The van der Waals surface area contributed by atoms with E-state index < -0.39 is 26.7 Å². The van der Waals surface area contributed by atoms with Crippen LogP contribution in [0.5, 0.6) is 0 Å². The lowest BCUT2D eigenvalue weighted by atomic mass is 10.2. The molecule has 110 valence electrons. The second kappa shape index (κ2) is 6.11. The predicted molar refractivity (Wildman–Crippen MR) is 66.0 cm³/mol. The van der Waals surface area contributed by atoms with E-state index in [2.05, 4.69) is 0 Å². The van der Waals surface area contributed by atoms with Crippen molar-refractivity contribution < 1.29 is 33.8 Å². The SMILES string of the molecule is CC(C)CN(C)CCC(O)(P(=O)(O)O)P(=O)(O)O. The minimum atomic E-state index is -5.33. The van der Waals surface area contributed by atoms with E-state index in [0.29, 0.717) is 6.54 Å². The number of aliphatic hydroxyl groups is 1. The highest BCUT2D eigenvalue weighted by Crippen LogP contribution is 2.68. The van der Waals surface area contributed by atoms with Crippen LogP contribution in [0.4, 0.5) is 0 Å². The molecule has 0 spiro atoms. The maximum absolute atomic E-state index is 11.1. The minimum Gasteiger partial charge on any atom is -0.367 e. The summed E-state index contributed by atoms with van der Waals surface area (Å²) in [6.07, 6.45) is -0.704. The molecule has 0 aliphatic heterocycles. The van der Waals surface area contributed by atoms with Crippen molar-refractivity contribution in [3.8, 4) is 0 Å². The summed E-state index contributed by atoms with van der Waals surface area (Å²) in [5.74, 6) is 0.285. The van der Waals surface area contributed by atoms with E-state index in [0.717, 1.165) is 0 Å². The molecule has 0 amide bonds. The van der Waals surface area contributed by atoms with Gasteiger partial charge in [0.25, 0.3) is 5.08 Å². The molecule has 0 aliphatic carbocycles. The Morgan fingerprint density at radius 2 is 1.50 bits per heavy atom. The fraction of sp³-hybridized carbons (Fsp3) is 1.00. The molecule has 0 atom stereocenters. The molecule has 8 nitrogen and oxygen atoms in total. The van der Waals surface area contributed by atoms with Gasteiger partial charge in [-0.2, -0.15) is 0 Å². The molecule has 5 N–H and O–H groups in total. The summed E-state index contributed by atoms with van der Waals surface area (Å²) < 4.78 is 22.1. The average molecular weight is 305 g/mol. The lowest BCUT2D eigenvalue weighted by molar-refractivity contribution is 0.110. The molecule has 0 heterocycles. The summed E-state index contributed by atoms with van der Waals surface area (Å²) in [5, 5.41) is 6.30. The Hall–Kier alpha value is 0.220. The van der Waals surface area contributed by atoms with Gasteiger partial charge in [-0.1, -0.05) is 13.8 Å². The van der Waals surface area contributed by atoms with Crippen molar-refractivity contribution in [1.82, 2.24) is 4.90 Å². The van der Waals surface area contributed by atoms with Gasteiger partial charge in [0.2, 0.25) is 0 Å². The van der Waals surface area contributed by atoms with Crippen LogP contribution in [0.25, 0.3) is 0 Å². The highest BCUT2D eigenvalue weighted by molar-refractivity contribution is 7.72. The number of hydrogen-bond donors (Lipinski definition) is 5. The van der Waals surface area contributed by atoms with Gasteiger partial charge in [0, 0.05) is 19.5 Å². The van der Waals surface area contributed by atoms with Gasteiger partial charge < -0.3 is 29.6 Å². The standard InChI is InChI=1S/C8H21NO7P2/c1-7(2)6-9(3)5-4-8(10,17(11,12)13)18(14,15)16/h7,10H,4-6H2,1-3H3,(H2,11,12,13)(H2,14,15,16). The number of hydrogen-bond acceptors (Lipinski definition) is 4. The number of rotatable bonds is 7. The fourth-order valence-electron chi connectivity index (χ4n) is 1.52. The first-order valence-corrected chi connectivity index (χ1v) is 8.56. The molecule has 10 heteroatoms. The molecule has 0 bridgehead atoms. The van der Waals surface area contributed by atoms with Crippen molar-refractivity contribution in [2.75, 3.05) is 20.1 Å². The van der Waals surface area contributed by atoms with Crippen LogP contribution in [0.15, 0.2) is 0 Å². The largest absolute Gasteiger partial charge is 0.369 e. The van der Waals surface area contributed by atoms with E-state index in [1.807, 2.05) is 13.8 Å². The Bertz CT molecular complexity index is 338. The third-order valence-corrected chi connectivity index (χ3v) is 6.32. The van der Waals surface area contributed by atoms with Crippen LogP contribution in [0, 0.1) is 5.92 Å². The lowest BCUT2D eigenvalue weighted by Gasteiger charge is -2.31. The summed E-state index contributed by atoms with van der Waals surface area (Å²) in [7, 11) is -9.03. The fourth-order valence-corrected chi connectivity index (χ4v) is 3.66. The Balaban J connectivity index is 4.87. The van der Waals surface area contributed by atoms with Crippen molar-refractivity contribution in [2.45, 2.75) is 25.4 Å². The van der Waals surface area contributed by atoms with Crippen LogP contribution in [-0.4, -0.2) is 54.8 Å². The second-order valence-electron chi connectivity index (χ2n) is 4.77. The Kier molecular flexibility index (Phi) is 6.19. The predicted octanol–water partition coefficient (Wildman–Crippen LogP) is -0.0342. The Morgan fingerprint density at radius 1 is 1.11 bits per heavy atom. The maximum atomic E-state index is 11.1. The quantitative estimate of drug-likeness (QED) is 0.413. The van der Waals surface area contributed by atoms with Crippen molar-refractivity contribution in [1.29, 1.82) is 0 Å². The van der Waals surface area contributed by atoms with Crippen molar-refractivity contribution in [2.24, 2.45) is 5.92 Å². The van der Waals surface area contributed by atoms with Crippen LogP contribution in [-0.2, 0) is 9.13 Å². The van der Waals surface area contributed by atoms with E-state index >= 15 is 0 Å². The van der Waals surface area contributed by atoms with Crippen molar-refractivity contribution >= 4 is 15.2 Å². The second-order valence-corrected chi connectivity index (χ2v) is 8.78. The van der Waals surface area contributed by atoms with Crippen LogP contribution >= 0.6 is 15.2 Å². The smallest absolute Gasteiger partial charge is 0.367 e. The van der Waals surface area contributed by atoms with Crippen LogP contribution in [0.3, 0.4) is 0 Å². The third-order valence-electron chi connectivity index (χ3n) is 2.44. The molecular weight excluding hydrogens is 284 g/mol. The van der Waals surface area contributed by atoms with Gasteiger partial charge in [-0.15, -0.1) is 0 Å². The summed E-state index contributed by atoms with van der Waals surface area (Å²) in [6.45, 7) is 4.40. The minimum absolute atomic E-state index is 0.0368. The zero-order chi connectivity index (χ0) is 14.8. The van der Waals surface area contributed by atoms with Gasteiger partial charge in [-0.05, 0) is 13.0 Å². The zero-order valence-electron chi connectivity index (χ0n) is 10.6. The highest BCUT2D eigenvalue weighted by atomic mass is 31.2. The van der Waals surface area contributed by atoms with E-state index in [4.69, 9.17) is 19.6 Å². The summed E-state index contributed by atoms with van der Waals surface area (Å²) in [5.41, 5.74) is 0. The van der Waals surface area contributed by atoms with Crippen molar-refractivity contribution in [3.63, 3.8) is 0 Å². The van der Waals surface area contributed by atoms with E-state index in [9.17, 15) is 14.2 Å². The normalized spacial score (nSPS) is 14.6. The third kappa shape index (κ3) is 4.72. The molecule has 0 saturated heterocycles. The molecule has 0 aromatic heterocycles. The van der Waals surface area contributed by atoms with E-state index in [1.54, 1.807) is 11.9 Å². The monoisotopic (exact) mass is 305 g/mol. The van der Waals surface area contributed by atoms with Crippen molar-refractivity contribution in [3.05, 3.63) is 0 Å². The first-order chi connectivity index (χ1) is 7.81. The van der Waals surface area contributed by atoms with Gasteiger partial charge in [0.05, 0.1) is 0 Å². The van der Waals surface area contributed by atoms with Gasteiger partial charge in [0.1, 0.15) is 0 Å². The van der Waals surface area contributed by atoms with Crippen LogP contribution in [0.2, 0.25) is 0 Å². The first kappa shape index (κ1) is 18.2. The highest BCUT2D eigenvalue weighted by Gasteiger charge is 2.58. The van der Waals surface area contributed by atoms with Crippen LogP contribution in [0.1, 0.15) is 20.3 Å². The molecule has 0 aromatic carbocycles. The molecule has 0 fully saturated rings.